The summed E-state index contributed by atoms with van der Waals surface area (Å²) in [6, 6.07) is 5.12. The van der Waals surface area contributed by atoms with Gasteiger partial charge in [0, 0.05) is 0 Å². The van der Waals surface area contributed by atoms with Gasteiger partial charge >= 0.3 is 5.97 Å². The molecule has 0 aliphatic carbocycles. The van der Waals surface area contributed by atoms with Gasteiger partial charge in [0.05, 0.1) is 12.0 Å². The van der Waals surface area contributed by atoms with Crippen molar-refractivity contribution < 1.29 is 17.9 Å². The Hall–Kier alpha value is -1.36. The number of carbonyl (C=O) groups is 1. The molecule has 1 rings (SSSR count). The predicted octanol–water partition coefficient (Wildman–Crippen LogP) is 2.81. The van der Waals surface area contributed by atoms with Crippen molar-refractivity contribution >= 4 is 15.8 Å². The average Bonchev–Trinajstić information content (AvgIpc) is 2.38. The minimum absolute atomic E-state index is 0.217. The Labute approximate surface area is 121 Å². The summed E-state index contributed by atoms with van der Waals surface area (Å²) in [7, 11) is -2.49. The quantitative estimate of drug-likeness (QED) is 0.758. The van der Waals surface area contributed by atoms with E-state index in [9.17, 15) is 13.2 Å². The van der Waals surface area contributed by atoms with Crippen molar-refractivity contribution in [3.8, 4) is 0 Å². The zero-order valence-electron chi connectivity index (χ0n) is 12.5. The Balaban J connectivity index is 3.25. The van der Waals surface area contributed by atoms with E-state index < -0.39 is 21.1 Å². The molecule has 0 N–H and O–H groups in total. The minimum Gasteiger partial charge on any atom is -0.468 e. The fraction of sp³-hybridized carbons (Fsp3) is 0.533. The molecule has 5 heteroatoms. The van der Waals surface area contributed by atoms with Gasteiger partial charge < -0.3 is 4.74 Å². The van der Waals surface area contributed by atoms with Crippen LogP contribution in [0.2, 0.25) is 0 Å². The smallest absolute Gasteiger partial charge is 0.324 e. The molecule has 0 saturated carbocycles. The van der Waals surface area contributed by atoms with Crippen molar-refractivity contribution in [3.63, 3.8) is 0 Å². The van der Waals surface area contributed by atoms with Crippen molar-refractivity contribution in [2.24, 2.45) is 0 Å². The summed E-state index contributed by atoms with van der Waals surface area (Å²) in [6.07, 6.45) is 1.79. The van der Waals surface area contributed by atoms with E-state index in [-0.39, 0.29) is 4.90 Å². The van der Waals surface area contributed by atoms with Crippen molar-refractivity contribution in [2.45, 2.75) is 50.2 Å². The summed E-state index contributed by atoms with van der Waals surface area (Å²) in [5.74, 6) is -0.682. The summed E-state index contributed by atoms with van der Waals surface area (Å²) >= 11 is 0. The monoisotopic (exact) mass is 298 g/mol. The summed E-state index contributed by atoms with van der Waals surface area (Å²) < 4.78 is 30.0. The largest absolute Gasteiger partial charge is 0.468 e. The Morgan fingerprint density at radius 1 is 1.30 bits per heavy atom. The second kappa shape index (κ2) is 6.88. The topological polar surface area (TPSA) is 60.4 Å². The predicted molar refractivity (Wildman–Crippen MR) is 78.4 cm³/mol. The summed E-state index contributed by atoms with van der Waals surface area (Å²) in [5.41, 5.74) is 1.65. The number of unbranched alkanes of at least 4 members (excludes halogenated alkanes) is 1. The molecule has 1 atom stereocenters. The number of rotatable bonds is 6. The lowest BCUT2D eigenvalue weighted by molar-refractivity contribution is -0.140. The summed E-state index contributed by atoms with van der Waals surface area (Å²) in [5, 5.41) is -1.12. The normalized spacial score (nSPS) is 13.0. The summed E-state index contributed by atoms with van der Waals surface area (Å²) in [4.78, 5) is 12.0. The summed E-state index contributed by atoms with van der Waals surface area (Å²) in [6.45, 7) is 5.60. The second-order valence-corrected chi connectivity index (χ2v) is 7.07. The standard InChI is InChI=1S/C15H22O4S/c1-5-6-7-14(15(16)19-4)20(17,18)13-9-8-11(2)10-12(13)3/h8-10,14H,5-7H2,1-4H3. The highest BCUT2D eigenvalue weighted by atomic mass is 32.2. The van der Waals surface area contributed by atoms with E-state index in [1.165, 1.54) is 7.11 Å². The third-order valence-corrected chi connectivity index (χ3v) is 5.54. The minimum atomic E-state index is -3.71. The molecule has 20 heavy (non-hydrogen) atoms. The fourth-order valence-electron chi connectivity index (χ4n) is 2.19. The second-order valence-electron chi connectivity index (χ2n) is 4.97. The zero-order chi connectivity index (χ0) is 15.3. The van der Waals surface area contributed by atoms with Crippen molar-refractivity contribution in [1.82, 2.24) is 0 Å². The first kappa shape index (κ1) is 16.7. The number of carbonyl (C=O) groups excluding carboxylic acids is 1. The number of ether oxygens (including phenoxy) is 1. The van der Waals surface area contributed by atoms with Gasteiger partial charge in [-0.2, -0.15) is 0 Å². The number of esters is 1. The van der Waals surface area contributed by atoms with Crippen molar-refractivity contribution in [1.29, 1.82) is 0 Å². The third-order valence-electron chi connectivity index (χ3n) is 3.30. The first-order valence-corrected chi connectivity index (χ1v) is 8.28. The maximum absolute atomic E-state index is 12.7. The molecule has 0 amide bonds. The number of methoxy groups -OCH3 is 1. The highest BCUT2D eigenvalue weighted by molar-refractivity contribution is 7.92. The Morgan fingerprint density at radius 3 is 2.45 bits per heavy atom. The van der Waals surface area contributed by atoms with E-state index in [4.69, 9.17) is 0 Å². The van der Waals surface area contributed by atoms with Crippen molar-refractivity contribution in [3.05, 3.63) is 29.3 Å². The van der Waals surface area contributed by atoms with Gasteiger partial charge in [0.1, 0.15) is 0 Å². The van der Waals surface area contributed by atoms with E-state index in [0.717, 1.165) is 12.0 Å². The number of hydrogen-bond donors (Lipinski definition) is 0. The Bertz CT molecular complexity index is 576. The molecule has 0 bridgehead atoms. The molecule has 4 nitrogen and oxygen atoms in total. The molecule has 0 aromatic heterocycles. The van der Waals surface area contributed by atoms with Crippen LogP contribution in [0.25, 0.3) is 0 Å². The van der Waals surface area contributed by atoms with Crippen LogP contribution in [0, 0.1) is 13.8 Å². The molecule has 0 heterocycles. The highest BCUT2D eigenvalue weighted by Gasteiger charge is 2.35. The molecule has 1 aromatic carbocycles. The Morgan fingerprint density at radius 2 is 1.95 bits per heavy atom. The van der Waals surface area contributed by atoms with Crippen LogP contribution in [0.1, 0.15) is 37.3 Å². The van der Waals surface area contributed by atoms with Gasteiger partial charge in [-0.1, -0.05) is 37.5 Å². The molecule has 0 radical (unpaired) electrons. The van der Waals surface area contributed by atoms with Crippen LogP contribution in [0.15, 0.2) is 23.1 Å². The SMILES string of the molecule is CCCCC(C(=O)OC)S(=O)(=O)c1ccc(C)cc1C. The van der Waals surface area contributed by atoms with Gasteiger partial charge in [0.15, 0.2) is 15.1 Å². The van der Waals surface area contributed by atoms with Crippen molar-refractivity contribution in [2.75, 3.05) is 7.11 Å². The molecule has 0 saturated heterocycles. The van der Waals surface area contributed by atoms with Gasteiger partial charge in [0.2, 0.25) is 0 Å². The number of benzene rings is 1. The van der Waals surface area contributed by atoms with Crippen LogP contribution in [0.4, 0.5) is 0 Å². The van der Waals surface area contributed by atoms with Gasteiger partial charge in [-0.05, 0) is 31.9 Å². The molecule has 0 aliphatic heterocycles. The molecule has 112 valence electrons. The number of hydrogen-bond acceptors (Lipinski definition) is 4. The number of aryl methyl sites for hydroxylation is 2. The maximum atomic E-state index is 12.7. The zero-order valence-corrected chi connectivity index (χ0v) is 13.3. The van der Waals surface area contributed by atoms with Gasteiger partial charge in [-0.25, -0.2) is 8.42 Å². The van der Waals surface area contributed by atoms with E-state index in [1.54, 1.807) is 25.1 Å². The van der Waals surface area contributed by atoms with Gasteiger partial charge in [0.25, 0.3) is 0 Å². The van der Waals surface area contributed by atoms with Crippen LogP contribution in [0.3, 0.4) is 0 Å². The average molecular weight is 298 g/mol. The first-order chi connectivity index (χ1) is 9.34. The lowest BCUT2D eigenvalue weighted by Crippen LogP contribution is -2.32. The molecule has 1 aromatic rings. The van der Waals surface area contributed by atoms with Crippen LogP contribution in [-0.2, 0) is 19.4 Å². The molecule has 0 aliphatic rings. The van der Waals surface area contributed by atoms with E-state index in [2.05, 4.69) is 4.74 Å². The van der Waals surface area contributed by atoms with Gasteiger partial charge in [-0.15, -0.1) is 0 Å². The lowest BCUT2D eigenvalue weighted by Gasteiger charge is -2.17. The molecular weight excluding hydrogens is 276 g/mol. The maximum Gasteiger partial charge on any atom is 0.324 e. The van der Waals surface area contributed by atoms with E-state index >= 15 is 0 Å². The molecular formula is C15H22O4S. The highest BCUT2D eigenvalue weighted by Crippen LogP contribution is 2.24. The van der Waals surface area contributed by atoms with Crippen LogP contribution in [-0.4, -0.2) is 26.7 Å². The van der Waals surface area contributed by atoms with Crippen LogP contribution >= 0.6 is 0 Å². The van der Waals surface area contributed by atoms with Crippen LogP contribution < -0.4 is 0 Å². The Kier molecular flexibility index (Phi) is 5.74. The number of sulfone groups is 1. The molecule has 0 spiro atoms. The van der Waals surface area contributed by atoms with E-state index in [1.807, 2.05) is 13.8 Å². The van der Waals surface area contributed by atoms with Crippen LogP contribution in [0.5, 0.6) is 0 Å². The van der Waals surface area contributed by atoms with Gasteiger partial charge in [-0.3, -0.25) is 4.79 Å². The third kappa shape index (κ3) is 3.60. The lowest BCUT2D eigenvalue weighted by atomic mass is 10.2. The molecule has 1 unspecified atom stereocenters. The first-order valence-electron chi connectivity index (χ1n) is 6.73. The van der Waals surface area contributed by atoms with E-state index in [0.29, 0.717) is 18.4 Å². The fourth-order valence-corrected chi connectivity index (χ4v) is 4.09. The molecule has 0 fully saturated rings.